The van der Waals surface area contributed by atoms with Crippen LogP contribution in [0.2, 0.25) is 0 Å². The van der Waals surface area contributed by atoms with Crippen LogP contribution in [0.4, 0.5) is 10.6 Å². The van der Waals surface area contributed by atoms with Crippen molar-refractivity contribution >= 4 is 23.2 Å². The summed E-state index contributed by atoms with van der Waals surface area (Å²) in [6.45, 7) is 5.92. The Morgan fingerprint density at radius 1 is 1.45 bits per heavy atom. The SMILES string of the molecule is CC1(C)CCC(CCNC(=O)Nc2ncsc2C2CC2)OC1. The Hall–Kier alpha value is -1.14. The fourth-order valence-corrected chi connectivity index (χ4v) is 3.68. The number of nitrogens with one attached hydrogen (secondary N) is 2. The summed E-state index contributed by atoms with van der Waals surface area (Å²) in [7, 11) is 0. The highest BCUT2D eigenvalue weighted by Crippen LogP contribution is 2.45. The average Bonchev–Trinajstić information content (AvgIpc) is 3.21. The van der Waals surface area contributed by atoms with Gasteiger partial charge in [-0.25, -0.2) is 9.78 Å². The van der Waals surface area contributed by atoms with E-state index in [-0.39, 0.29) is 12.1 Å². The Morgan fingerprint density at radius 2 is 2.27 bits per heavy atom. The van der Waals surface area contributed by atoms with Crippen LogP contribution in [0, 0.1) is 5.41 Å². The lowest BCUT2D eigenvalue weighted by Gasteiger charge is -2.34. The molecular formula is C16H25N3O2S. The molecule has 1 unspecified atom stereocenters. The van der Waals surface area contributed by atoms with Gasteiger partial charge in [-0.2, -0.15) is 0 Å². The molecule has 2 amide bonds. The van der Waals surface area contributed by atoms with Crippen molar-refractivity contribution in [2.75, 3.05) is 18.5 Å². The van der Waals surface area contributed by atoms with Gasteiger partial charge < -0.3 is 10.1 Å². The summed E-state index contributed by atoms with van der Waals surface area (Å²) in [6, 6.07) is -0.163. The zero-order valence-corrected chi connectivity index (χ0v) is 14.2. The van der Waals surface area contributed by atoms with Crippen LogP contribution in [0.3, 0.4) is 0 Å². The molecule has 2 heterocycles. The Balaban J connectivity index is 1.37. The smallest absolute Gasteiger partial charge is 0.320 e. The second-order valence-corrected chi connectivity index (χ2v) is 8.03. The number of aromatic nitrogens is 1. The van der Waals surface area contributed by atoms with Crippen LogP contribution < -0.4 is 10.6 Å². The summed E-state index contributed by atoms with van der Waals surface area (Å²) in [5.74, 6) is 1.35. The van der Waals surface area contributed by atoms with E-state index in [1.807, 2.05) is 0 Å². The second-order valence-electron chi connectivity index (χ2n) is 7.14. The number of rotatable bonds is 5. The molecule has 1 saturated carbocycles. The number of nitrogens with zero attached hydrogens (tertiary/aromatic N) is 1. The molecule has 1 aliphatic heterocycles. The summed E-state index contributed by atoms with van der Waals surface area (Å²) < 4.78 is 5.86. The number of amides is 2. The first-order chi connectivity index (χ1) is 10.5. The molecule has 2 fully saturated rings. The zero-order valence-electron chi connectivity index (χ0n) is 13.4. The van der Waals surface area contributed by atoms with Gasteiger partial charge in [0.05, 0.1) is 23.1 Å². The van der Waals surface area contributed by atoms with Crippen LogP contribution in [-0.2, 0) is 4.74 Å². The van der Waals surface area contributed by atoms with Gasteiger partial charge in [0.1, 0.15) is 5.82 Å². The van der Waals surface area contributed by atoms with Gasteiger partial charge in [-0.15, -0.1) is 11.3 Å². The summed E-state index contributed by atoms with van der Waals surface area (Å²) >= 11 is 1.63. The van der Waals surface area contributed by atoms with Gasteiger partial charge >= 0.3 is 6.03 Å². The number of thiazole rings is 1. The Kier molecular flexibility index (Phi) is 4.68. The standard InChI is InChI=1S/C16H25N3O2S/c1-16(2)7-5-12(21-9-16)6-8-17-15(20)19-14-13(11-3-4-11)22-10-18-14/h10-12H,3-9H2,1-2H3,(H2,17,19,20). The number of hydrogen-bond donors (Lipinski definition) is 2. The van der Waals surface area contributed by atoms with Crippen LogP contribution in [0.25, 0.3) is 0 Å². The lowest BCUT2D eigenvalue weighted by Crippen LogP contribution is -2.36. The van der Waals surface area contributed by atoms with Gasteiger partial charge in [0.2, 0.25) is 0 Å². The molecular weight excluding hydrogens is 298 g/mol. The average molecular weight is 323 g/mol. The first-order valence-corrected chi connectivity index (χ1v) is 9.01. The van der Waals surface area contributed by atoms with Crippen LogP contribution in [0.1, 0.15) is 56.7 Å². The van der Waals surface area contributed by atoms with E-state index in [4.69, 9.17) is 4.74 Å². The maximum atomic E-state index is 12.0. The summed E-state index contributed by atoms with van der Waals surface area (Å²) in [5.41, 5.74) is 2.10. The number of anilines is 1. The van der Waals surface area contributed by atoms with Gasteiger partial charge in [-0.05, 0) is 43.4 Å². The van der Waals surface area contributed by atoms with Crippen LogP contribution in [0.5, 0.6) is 0 Å². The van der Waals surface area contributed by atoms with Gasteiger partial charge in [-0.3, -0.25) is 5.32 Å². The third kappa shape index (κ3) is 4.20. The molecule has 1 saturated heterocycles. The maximum absolute atomic E-state index is 12.0. The molecule has 5 nitrogen and oxygen atoms in total. The molecule has 1 aromatic rings. The first kappa shape index (κ1) is 15.7. The highest BCUT2D eigenvalue weighted by atomic mass is 32.1. The molecule has 0 radical (unpaired) electrons. The molecule has 0 aromatic carbocycles. The lowest BCUT2D eigenvalue weighted by atomic mass is 9.85. The van der Waals surface area contributed by atoms with Crippen molar-refractivity contribution < 1.29 is 9.53 Å². The minimum atomic E-state index is -0.163. The normalized spacial score (nSPS) is 24.0. The molecule has 6 heteroatoms. The van der Waals surface area contributed by atoms with E-state index in [0.29, 0.717) is 17.9 Å². The number of ether oxygens (including phenoxy) is 1. The van der Waals surface area contributed by atoms with E-state index >= 15 is 0 Å². The van der Waals surface area contributed by atoms with Gasteiger partial charge in [0, 0.05) is 6.54 Å². The Morgan fingerprint density at radius 3 is 2.95 bits per heavy atom. The zero-order chi connectivity index (χ0) is 15.6. The minimum absolute atomic E-state index is 0.163. The number of urea groups is 1. The Labute approximate surface area is 135 Å². The van der Waals surface area contributed by atoms with E-state index in [1.165, 1.54) is 24.1 Å². The molecule has 0 spiro atoms. The van der Waals surface area contributed by atoms with Crippen LogP contribution in [0.15, 0.2) is 5.51 Å². The fourth-order valence-electron chi connectivity index (χ4n) is 2.76. The van der Waals surface area contributed by atoms with Crippen molar-refractivity contribution in [1.29, 1.82) is 0 Å². The van der Waals surface area contributed by atoms with E-state index < -0.39 is 0 Å². The van der Waals surface area contributed by atoms with Crippen molar-refractivity contribution in [2.45, 2.75) is 58.0 Å². The van der Waals surface area contributed by atoms with Crippen molar-refractivity contribution in [3.8, 4) is 0 Å². The quantitative estimate of drug-likeness (QED) is 0.867. The van der Waals surface area contributed by atoms with E-state index in [2.05, 4.69) is 29.5 Å². The highest BCUT2D eigenvalue weighted by Gasteiger charge is 2.29. The topological polar surface area (TPSA) is 63.2 Å². The molecule has 1 aliphatic carbocycles. The van der Waals surface area contributed by atoms with Crippen molar-refractivity contribution in [1.82, 2.24) is 10.3 Å². The monoisotopic (exact) mass is 323 g/mol. The summed E-state index contributed by atoms with van der Waals surface area (Å²) in [5, 5.41) is 5.78. The van der Waals surface area contributed by atoms with Crippen molar-refractivity contribution in [2.24, 2.45) is 5.41 Å². The largest absolute Gasteiger partial charge is 0.378 e. The van der Waals surface area contributed by atoms with Gasteiger partial charge in [0.25, 0.3) is 0 Å². The van der Waals surface area contributed by atoms with Crippen molar-refractivity contribution in [3.05, 3.63) is 10.4 Å². The molecule has 1 atom stereocenters. The summed E-state index contributed by atoms with van der Waals surface area (Å²) in [6.07, 6.45) is 5.84. The predicted octanol–water partition coefficient (Wildman–Crippen LogP) is 3.74. The number of carbonyl (C=O) groups is 1. The van der Waals surface area contributed by atoms with Crippen LogP contribution in [-0.4, -0.2) is 30.3 Å². The third-order valence-electron chi connectivity index (χ3n) is 4.38. The highest BCUT2D eigenvalue weighted by molar-refractivity contribution is 7.10. The number of hydrogen-bond acceptors (Lipinski definition) is 4. The van der Waals surface area contributed by atoms with Gasteiger partial charge in [0.15, 0.2) is 0 Å². The summed E-state index contributed by atoms with van der Waals surface area (Å²) in [4.78, 5) is 17.4. The van der Waals surface area contributed by atoms with E-state index in [9.17, 15) is 4.79 Å². The molecule has 22 heavy (non-hydrogen) atoms. The molecule has 3 rings (SSSR count). The molecule has 122 valence electrons. The Bertz CT molecular complexity index is 515. The fraction of sp³-hybridized carbons (Fsp3) is 0.750. The molecule has 2 N–H and O–H groups in total. The van der Waals surface area contributed by atoms with Crippen LogP contribution >= 0.6 is 11.3 Å². The molecule has 2 aliphatic rings. The number of carbonyl (C=O) groups excluding carboxylic acids is 1. The molecule has 0 bridgehead atoms. The molecule has 1 aromatic heterocycles. The van der Waals surface area contributed by atoms with Gasteiger partial charge in [-0.1, -0.05) is 13.8 Å². The predicted molar refractivity (Wildman–Crippen MR) is 88.5 cm³/mol. The first-order valence-electron chi connectivity index (χ1n) is 8.13. The third-order valence-corrected chi connectivity index (χ3v) is 5.37. The van der Waals surface area contributed by atoms with E-state index in [1.54, 1.807) is 16.8 Å². The minimum Gasteiger partial charge on any atom is -0.378 e. The van der Waals surface area contributed by atoms with Crippen molar-refractivity contribution in [3.63, 3.8) is 0 Å². The maximum Gasteiger partial charge on any atom is 0.320 e. The van der Waals surface area contributed by atoms with E-state index in [0.717, 1.165) is 25.3 Å². The second kappa shape index (κ2) is 6.54. The lowest BCUT2D eigenvalue weighted by molar-refractivity contribution is -0.0505.